The molecule has 0 bridgehead atoms. The maximum Gasteiger partial charge on any atom is 0.274 e. The van der Waals surface area contributed by atoms with Crippen LogP contribution in [-0.2, 0) is 0 Å². The Balaban J connectivity index is 2.28. The van der Waals surface area contributed by atoms with Crippen molar-refractivity contribution < 1.29 is 9.53 Å². The minimum absolute atomic E-state index is 0.254. The van der Waals surface area contributed by atoms with Gasteiger partial charge in [0.25, 0.3) is 5.91 Å². The number of amides is 1. The number of hydrogen-bond acceptors (Lipinski definition) is 5. The number of anilines is 2. The smallest absolute Gasteiger partial charge is 0.274 e. The van der Waals surface area contributed by atoms with E-state index in [1.165, 1.54) is 7.11 Å². The molecule has 1 aromatic carbocycles. The summed E-state index contributed by atoms with van der Waals surface area (Å²) >= 11 is 6.10. The maximum absolute atomic E-state index is 12.6. The minimum atomic E-state index is -0.335. The third-order valence-electron chi connectivity index (χ3n) is 3.81. The average Bonchev–Trinajstić information content (AvgIpc) is 2.57. The molecule has 134 valence electrons. The van der Waals surface area contributed by atoms with Crippen molar-refractivity contribution in [3.8, 4) is 5.75 Å². The van der Waals surface area contributed by atoms with Crippen molar-refractivity contribution in [2.24, 2.45) is 0 Å². The Hall–Kier alpha value is -2.34. The summed E-state index contributed by atoms with van der Waals surface area (Å²) in [6.45, 7) is 7.75. The number of ether oxygens (including phenoxy) is 1. The molecule has 0 aliphatic rings. The van der Waals surface area contributed by atoms with Crippen molar-refractivity contribution in [3.63, 3.8) is 0 Å². The van der Waals surface area contributed by atoms with Crippen LogP contribution in [0, 0.1) is 13.8 Å². The van der Waals surface area contributed by atoms with Crippen LogP contribution in [0.3, 0.4) is 0 Å². The van der Waals surface area contributed by atoms with Crippen molar-refractivity contribution in [1.29, 1.82) is 0 Å². The molecule has 1 atom stereocenters. The molecule has 0 aliphatic heterocycles. The van der Waals surface area contributed by atoms with Gasteiger partial charge in [-0.1, -0.05) is 18.5 Å². The number of nitrogens with one attached hydrogen (secondary N) is 2. The first kappa shape index (κ1) is 19.0. The Kier molecular flexibility index (Phi) is 6.20. The van der Waals surface area contributed by atoms with E-state index >= 15 is 0 Å². The highest BCUT2D eigenvalue weighted by molar-refractivity contribution is 6.31. The van der Waals surface area contributed by atoms with E-state index in [1.807, 2.05) is 6.92 Å². The molecule has 6 nitrogen and oxygen atoms in total. The van der Waals surface area contributed by atoms with Crippen LogP contribution in [0.5, 0.6) is 5.75 Å². The van der Waals surface area contributed by atoms with Crippen LogP contribution in [0.15, 0.2) is 18.2 Å². The Morgan fingerprint density at radius 2 is 2.00 bits per heavy atom. The predicted octanol–water partition coefficient (Wildman–Crippen LogP) is 4.22. The van der Waals surface area contributed by atoms with E-state index in [1.54, 1.807) is 25.1 Å². The molecule has 0 spiro atoms. The van der Waals surface area contributed by atoms with Crippen LogP contribution in [0.4, 0.5) is 11.5 Å². The van der Waals surface area contributed by atoms with Gasteiger partial charge in [-0.05, 0) is 38.8 Å². The summed E-state index contributed by atoms with van der Waals surface area (Å²) in [6, 6.07) is 5.34. The summed E-state index contributed by atoms with van der Waals surface area (Å²) in [4.78, 5) is 21.2. The van der Waals surface area contributed by atoms with Gasteiger partial charge >= 0.3 is 0 Å². The number of hydrogen-bond donors (Lipinski definition) is 2. The molecule has 1 unspecified atom stereocenters. The second-order valence-corrected chi connectivity index (χ2v) is 6.30. The molecule has 1 heterocycles. The van der Waals surface area contributed by atoms with Gasteiger partial charge in [-0.3, -0.25) is 4.79 Å². The molecule has 2 rings (SSSR count). The Bertz CT molecular complexity index is 780. The number of carbonyl (C=O) groups is 1. The number of rotatable bonds is 6. The molecule has 0 aliphatic carbocycles. The highest BCUT2D eigenvalue weighted by Crippen LogP contribution is 2.31. The molecule has 1 amide bonds. The highest BCUT2D eigenvalue weighted by Gasteiger charge is 2.15. The molecule has 0 saturated carbocycles. The van der Waals surface area contributed by atoms with Crippen molar-refractivity contribution in [2.75, 3.05) is 17.7 Å². The van der Waals surface area contributed by atoms with Crippen molar-refractivity contribution in [1.82, 2.24) is 9.97 Å². The van der Waals surface area contributed by atoms with Gasteiger partial charge in [-0.2, -0.15) is 0 Å². The van der Waals surface area contributed by atoms with Crippen molar-refractivity contribution in [3.05, 3.63) is 40.3 Å². The zero-order chi connectivity index (χ0) is 18.6. The molecule has 0 radical (unpaired) electrons. The zero-order valence-corrected chi connectivity index (χ0v) is 15.9. The first-order valence-electron chi connectivity index (χ1n) is 8.11. The largest absolute Gasteiger partial charge is 0.495 e. The number of methoxy groups -OCH3 is 1. The first-order chi connectivity index (χ1) is 11.8. The summed E-state index contributed by atoms with van der Waals surface area (Å²) in [5.74, 6) is 1.31. The Labute approximate surface area is 153 Å². The van der Waals surface area contributed by atoms with E-state index in [0.717, 1.165) is 12.0 Å². The number of aromatic nitrogens is 2. The Morgan fingerprint density at radius 1 is 1.28 bits per heavy atom. The number of halogens is 1. The van der Waals surface area contributed by atoms with Gasteiger partial charge in [0, 0.05) is 23.2 Å². The molecule has 2 N–H and O–H groups in total. The number of carbonyl (C=O) groups excluding carboxylic acids is 1. The van der Waals surface area contributed by atoms with Crippen LogP contribution < -0.4 is 15.4 Å². The maximum atomic E-state index is 12.6. The van der Waals surface area contributed by atoms with Gasteiger partial charge in [0.1, 0.15) is 23.1 Å². The van der Waals surface area contributed by atoms with E-state index in [9.17, 15) is 4.79 Å². The lowest BCUT2D eigenvalue weighted by Gasteiger charge is -2.14. The lowest BCUT2D eigenvalue weighted by atomic mass is 10.2. The monoisotopic (exact) mass is 362 g/mol. The van der Waals surface area contributed by atoms with Gasteiger partial charge in [0.05, 0.1) is 12.8 Å². The number of aryl methyl sites for hydroxylation is 2. The fourth-order valence-corrected chi connectivity index (χ4v) is 2.38. The fourth-order valence-electron chi connectivity index (χ4n) is 2.23. The topological polar surface area (TPSA) is 76.1 Å². The fraction of sp³-hybridized carbons (Fsp3) is 0.389. The first-order valence-corrected chi connectivity index (χ1v) is 8.49. The predicted molar refractivity (Wildman–Crippen MR) is 101 cm³/mol. The van der Waals surface area contributed by atoms with E-state index < -0.39 is 0 Å². The zero-order valence-electron chi connectivity index (χ0n) is 15.1. The molecule has 7 heteroatoms. The number of benzene rings is 1. The molecule has 1 aromatic heterocycles. The lowest BCUT2D eigenvalue weighted by Crippen LogP contribution is -2.19. The summed E-state index contributed by atoms with van der Waals surface area (Å²) in [7, 11) is 1.53. The number of nitrogens with zero attached hydrogens (tertiary/aromatic N) is 2. The van der Waals surface area contributed by atoms with E-state index in [-0.39, 0.29) is 17.6 Å². The normalized spacial score (nSPS) is 11.8. The van der Waals surface area contributed by atoms with Crippen LogP contribution >= 0.6 is 11.6 Å². The molecule has 2 aromatic rings. The SMILES string of the molecule is CCC(C)Nc1cc(C(=O)Nc2cc(C)c(Cl)cc2OC)nc(C)n1. The van der Waals surface area contributed by atoms with Crippen molar-refractivity contribution >= 4 is 29.0 Å². The summed E-state index contributed by atoms with van der Waals surface area (Å²) in [6.07, 6.45) is 0.950. The summed E-state index contributed by atoms with van der Waals surface area (Å²) in [5, 5.41) is 6.66. The molecular formula is C18H23ClN4O2. The molecule has 0 saturated heterocycles. The van der Waals surface area contributed by atoms with Gasteiger partial charge < -0.3 is 15.4 Å². The van der Waals surface area contributed by atoms with Crippen LogP contribution in [0.2, 0.25) is 5.02 Å². The minimum Gasteiger partial charge on any atom is -0.495 e. The second-order valence-electron chi connectivity index (χ2n) is 5.90. The lowest BCUT2D eigenvalue weighted by molar-refractivity contribution is 0.102. The third-order valence-corrected chi connectivity index (χ3v) is 4.21. The summed E-state index contributed by atoms with van der Waals surface area (Å²) < 4.78 is 5.29. The van der Waals surface area contributed by atoms with Gasteiger partial charge in [-0.15, -0.1) is 0 Å². The molecule has 25 heavy (non-hydrogen) atoms. The second kappa shape index (κ2) is 8.16. The third kappa shape index (κ3) is 4.82. The standard InChI is InChI=1S/C18H23ClN4O2/c1-6-11(3)20-17-9-15(21-12(4)22-17)18(24)23-14-7-10(2)13(19)8-16(14)25-5/h7-9,11H,6H2,1-5H3,(H,23,24)(H,20,21,22). The van der Waals surface area contributed by atoms with Crippen molar-refractivity contribution in [2.45, 2.75) is 40.2 Å². The molecular weight excluding hydrogens is 340 g/mol. The van der Waals surface area contributed by atoms with Crippen LogP contribution in [-0.4, -0.2) is 29.0 Å². The average molecular weight is 363 g/mol. The highest BCUT2D eigenvalue weighted by atomic mass is 35.5. The van der Waals surface area contributed by atoms with E-state index in [2.05, 4.69) is 34.4 Å². The molecule has 0 fully saturated rings. The van der Waals surface area contributed by atoms with Crippen LogP contribution in [0.1, 0.15) is 42.1 Å². The van der Waals surface area contributed by atoms with Gasteiger partial charge in [0.2, 0.25) is 0 Å². The van der Waals surface area contributed by atoms with Gasteiger partial charge in [-0.25, -0.2) is 9.97 Å². The van der Waals surface area contributed by atoms with E-state index in [4.69, 9.17) is 16.3 Å². The Morgan fingerprint density at radius 3 is 2.64 bits per heavy atom. The summed E-state index contributed by atoms with van der Waals surface area (Å²) in [5.41, 5.74) is 1.67. The van der Waals surface area contributed by atoms with E-state index in [0.29, 0.717) is 28.1 Å². The van der Waals surface area contributed by atoms with Gasteiger partial charge in [0.15, 0.2) is 0 Å². The quantitative estimate of drug-likeness (QED) is 0.804. The van der Waals surface area contributed by atoms with Crippen LogP contribution in [0.25, 0.3) is 0 Å².